The zero-order valence-electron chi connectivity index (χ0n) is 15.1. The molecule has 1 aliphatic carbocycles. The van der Waals surface area contributed by atoms with Crippen LogP contribution in [0.4, 0.5) is 8.78 Å². The number of aromatic nitrogens is 5. The van der Waals surface area contributed by atoms with Crippen LogP contribution in [0.25, 0.3) is 11.5 Å². The molecule has 0 amide bonds. The molecule has 2 aromatic heterocycles. The van der Waals surface area contributed by atoms with Gasteiger partial charge in [-0.2, -0.15) is 5.10 Å². The fraction of sp³-hybridized carbons (Fsp3) is 0.368. The van der Waals surface area contributed by atoms with E-state index >= 15 is 0 Å². The Kier molecular flexibility index (Phi) is 4.55. The van der Waals surface area contributed by atoms with Crippen molar-refractivity contribution in [2.75, 3.05) is 6.61 Å². The zero-order chi connectivity index (χ0) is 19.0. The molecule has 0 aliphatic heterocycles. The second-order valence-electron chi connectivity index (χ2n) is 6.55. The highest BCUT2D eigenvalue weighted by Gasteiger charge is 2.32. The first-order valence-corrected chi connectivity index (χ1v) is 8.88. The Labute approximate surface area is 155 Å². The fourth-order valence-corrected chi connectivity index (χ4v) is 3.26. The van der Waals surface area contributed by atoms with Crippen LogP contribution in [0.1, 0.15) is 42.5 Å². The second-order valence-corrected chi connectivity index (χ2v) is 6.55. The lowest BCUT2D eigenvalue weighted by Crippen LogP contribution is -2.10. The molecule has 140 valence electrons. The monoisotopic (exact) mass is 371 g/mol. The lowest BCUT2D eigenvalue weighted by atomic mass is 10.1. The molecule has 27 heavy (non-hydrogen) atoms. The van der Waals surface area contributed by atoms with Crippen LogP contribution < -0.4 is 4.74 Å². The van der Waals surface area contributed by atoms with E-state index in [-0.39, 0.29) is 17.9 Å². The van der Waals surface area contributed by atoms with E-state index < -0.39 is 11.6 Å². The van der Waals surface area contributed by atoms with Crippen LogP contribution >= 0.6 is 0 Å². The minimum Gasteiger partial charge on any atom is -0.494 e. The average Bonchev–Trinajstić information content (AvgIpc) is 3.43. The molecular formula is C19H19F2N5O. The van der Waals surface area contributed by atoms with Crippen molar-refractivity contribution >= 4 is 0 Å². The molecule has 1 aliphatic rings. The maximum atomic E-state index is 14.5. The van der Waals surface area contributed by atoms with E-state index in [1.165, 1.54) is 24.8 Å². The Bertz CT molecular complexity index is 947. The van der Waals surface area contributed by atoms with E-state index in [2.05, 4.69) is 20.1 Å². The van der Waals surface area contributed by atoms with Crippen molar-refractivity contribution in [2.45, 2.75) is 39.2 Å². The quantitative estimate of drug-likeness (QED) is 0.662. The summed E-state index contributed by atoms with van der Waals surface area (Å²) in [6, 6.07) is 2.42. The van der Waals surface area contributed by atoms with E-state index in [9.17, 15) is 8.78 Å². The molecule has 0 unspecified atom stereocenters. The Morgan fingerprint density at radius 3 is 2.41 bits per heavy atom. The second kappa shape index (κ2) is 7.02. The molecule has 0 atom stereocenters. The molecule has 1 aromatic carbocycles. The van der Waals surface area contributed by atoms with Crippen molar-refractivity contribution in [3.63, 3.8) is 0 Å². The van der Waals surface area contributed by atoms with Gasteiger partial charge in [-0.05, 0) is 26.7 Å². The summed E-state index contributed by atoms with van der Waals surface area (Å²) >= 11 is 0. The minimum absolute atomic E-state index is 0.00181. The zero-order valence-corrected chi connectivity index (χ0v) is 15.1. The van der Waals surface area contributed by atoms with Gasteiger partial charge in [0.15, 0.2) is 5.82 Å². The van der Waals surface area contributed by atoms with Crippen molar-refractivity contribution in [2.24, 2.45) is 0 Å². The van der Waals surface area contributed by atoms with Crippen LogP contribution in [0, 0.1) is 18.6 Å². The van der Waals surface area contributed by atoms with Gasteiger partial charge < -0.3 is 4.74 Å². The summed E-state index contributed by atoms with van der Waals surface area (Å²) in [6.45, 7) is 4.06. The predicted octanol–water partition coefficient (Wildman–Crippen LogP) is 3.65. The van der Waals surface area contributed by atoms with Crippen molar-refractivity contribution in [3.8, 4) is 17.3 Å². The van der Waals surface area contributed by atoms with Gasteiger partial charge >= 0.3 is 0 Å². The first-order valence-electron chi connectivity index (χ1n) is 8.88. The summed E-state index contributed by atoms with van der Waals surface area (Å²) in [4.78, 5) is 12.1. The Hall–Kier alpha value is -2.90. The van der Waals surface area contributed by atoms with Crippen LogP contribution in [0.15, 0.2) is 24.8 Å². The average molecular weight is 371 g/mol. The normalized spacial score (nSPS) is 13.8. The third-order valence-corrected chi connectivity index (χ3v) is 4.64. The molecule has 3 aromatic rings. The van der Waals surface area contributed by atoms with Gasteiger partial charge in [0, 0.05) is 34.9 Å². The largest absolute Gasteiger partial charge is 0.494 e. The van der Waals surface area contributed by atoms with Gasteiger partial charge in [-0.25, -0.2) is 23.7 Å². The number of halogens is 2. The molecule has 2 heterocycles. The standard InChI is InChI=1S/C19H19F2N5O/c1-3-27-13-6-15(20)14(16(21)7-13)8-26-18(12-4-5-12)11(2)17(25-26)19-23-9-22-10-24-19/h6-7,9-10,12H,3-5,8H2,1-2H3. The van der Waals surface area contributed by atoms with Gasteiger partial charge in [-0.3, -0.25) is 4.68 Å². The van der Waals surface area contributed by atoms with Gasteiger partial charge in [0.25, 0.3) is 0 Å². The number of rotatable bonds is 6. The number of hydrogen-bond acceptors (Lipinski definition) is 5. The number of nitrogens with zero attached hydrogens (tertiary/aromatic N) is 5. The predicted molar refractivity (Wildman–Crippen MR) is 94.4 cm³/mol. The van der Waals surface area contributed by atoms with E-state index in [0.717, 1.165) is 24.1 Å². The van der Waals surface area contributed by atoms with Gasteiger partial charge in [-0.15, -0.1) is 0 Å². The Morgan fingerprint density at radius 1 is 1.15 bits per heavy atom. The maximum Gasteiger partial charge on any atom is 0.183 e. The van der Waals surface area contributed by atoms with Crippen LogP contribution in [0.3, 0.4) is 0 Å². The molecule has 4 rings (SSSR count). The van der Waals surface area contributed by atoms with Crippen LogP contribution in [0.5, 0.6) is 5.75 Å². The van der Waals surface area contributed by atoms with Crippen LogP contribution in [-0.4, -0.2) is 31.3 Å². The Morgan fingerprint density at radius 2 is 1.81 bits per heavy atom. The highest BCUT2D eigenvalue weighted by atomic mass is 19.1. The van der Waals surface area contributed by atoms with Crippen LogP contribution in [0.2, 0.25) is 0 Å². The van der Waals surface area contributed by atoms with Crippen molar-refractivity contribution in [1.82, 2.24) is 24.7 Å². The maximum absolute atomic E-state index is 14.5. The summed E-state index contributed by atoms with van der Waals surface area (Å²) < 4.78 is 35.9. The molecule has 1 saturated carbocycles. The number of benzene rings is 1. The third-order valence-electron chi connectivity index (χ3n) is 4.64. The first kappa shape index (κ1) is 17.5. The van der Waals surface area contributed by atoms with E-state index in [1.54, 1.807) is 11.6 Å². The molecule has 0 saturated heterocycles. The molecule has 0 spiro atoms. The molecule has 0 bridgehead atoms. The number of hydrogen-bond donors (Lipinski definition) is 0. The van der Waals surface area contributed by atoms with Crippen molar-refractivity contribution in [3.05, 3.63) is 53.2 Å². The minimum atomic E-state index is -0.643. The molecule has 0 N–H and O–H groups in total. The molecule has 8 heteroatoms. The smallest absolute Gasteiger partial charge is 0.183 e. The summed E-state index contributed by atoms with van der Waals surface area (Å²) in [7, 11) is 0. The molecule has 6 nitrogen and oxygen atoms in total. The summed E-state index contributed by atoms with van der Waals surface area (Å²) in [5, 5.41) is 4.58. The topological polar surface area (TPSA) is 65.7 Å². The van der Waals surface area contributed by atoms with Gasteiger partial charge in [0.05, 0.1) is 13.2 Å². The van der Waals surface area contributed by atoms with Crippen molar-refractivity contribution < 1.29 is 13.5 Å². The highest BCUT2D eigenvalue weighted by Crippen LogP contribution is 2.43. The highest BCUT2D eigenvalue weighted by molar-refractivity contribution is 5.56. The Balaban J connectivity index is 1.74. The van der Waals surface area contributed by atoms with Gasteiger partial charge in [-0.1, -0.05) is 0 Å². The van der Waals surface area contributed by atoms with E-state index in [0.29, 0.717) is 24.0 Å². The summed E-state index contributed by atoms with van der Waals surface area (Å²) in [6.07, 6.45) is 4.89. The van der Waals surface area contributed by atoms with E-state index in [4.69, 9.17) is 4.74 Å². The van der Waals surface area contributed by atoms with Crippen LogP contribution in [-0.2, 0) is 6.54 Å². The first-order chi connectivity index (χ1) is 13.1. The molecule has 0 radical (unpaired) electrons. The third kappa shape index (κ3) is 3.39. The SMILES string of the molecule is CCOc1cc(F)c(Cn2nc(-c3ncncn3)c(C)c2C2CC2)c(F)c1. The van der Waals surface area contributed by atoms with E-state index in [1.807, 2.05) is 6.92 Å². The summed E-state index contributed by atoms with van der Waals surface area (Å²) in [5.74, 6) is -0.302. The molecular weight excluding hydrogens is 352 g/mol. The van der Waals surface area contributed by atoms with Gasteiger partial charge in [0.1, 0.15) is 35.7 Å². The van der Waals surface area contributed by atoms with Crippen molar-refractivity contribution in [1.29, 1.82) is 0 Å². The lowest BCUT2D eigenvalue weighted by Gasteiger charge is -2.11. The summed E-state index contributed by atoms with van der Waals surface area (Å²) in [5.41, 5.74) is 2.50. The lowest BCUT2D eigenvalue weighted by molar-refractivity contribution is 0.335. The van der Waals surface area contributed by atoms with Gasteiger partial charge in [0.2, 0.25) is 0 Å². The number of ether oxygens (including phenoxy) is 1. The molecule has 1 fully saturated rings. The fourth-order valence-electron chi connectivity index (χ4n) is 3.26.